The number of carbonyl (C=O) groups excluding carboxylic acids is 3. The lowest BCUT2D eigenvalue weighted by Crippen LogP contribution is -2.78. The average Bonchev–Trinajstić information content (AvgIpc) is 3.31. The van der Waals surface area contributed by atoms with Crippen LogP contribution in [0, 0.1) is 17.3 Å². The third kappa shape index (κ3) is 6.36. The van der Waals surface area contributed by atoms with E-state index < -0.39 is 40.8 Å². The molecule has 2 aliphatic carbocycles. The van der Waals surface area contributed by atoms with Gasteiger partial charge in [-0.2, -0.15) is 0 Å². The molecular weight excluding hydrogens is 643 g/mol. The summed E-state index contributed by atoms with van der Waals surface area (Å²) >= 11 is 0. The second-order valence-electron chi connectivity index (χ2n) is 15.1. The highest BCUT2D eigenvalue weighted by Crippen LogP contribution is 2.70. The van der Waals surface area contributed by atoms with Gasteiger partial charge < -0.3 is 34.1 Å². The zero-order valence-electron chi connectivity index (χ0n) is 28.4. The Hall–Kier alpha value is -1.47. The minimum atomic E-state index is -1.52. The van der Waals surface area contributed by atoms with Crippen LogP contribution in [-0.4, -0.2) is 83.1 Å². The van der Waals surface area contributed by atoms with Crippen molar-refractivity contribution >= 4 is 39.6 Å². The molecular formula is C35H55NO9S2. The van der Waals surface area contributed by atoms with Gasteiger partial charge in [0, 0.05) is 36.4 Å². The number of carbonyl (C=O) groups is 3. The monoisotopic (exact) mass is 697 g/mol. The summed E-state index contributed by atoms with van der Waals surface area (Å²) in [4.78, 5) is 37.6. The van der Waals surface area contributed by atoms with Crippen molar-refractivity contribution in [1.29, 1.82) is 0 Å². The smallest absolute Gasteiger partial charge is 0.458 e. The molecule has 1 amide bonds. The van der Waals surface area contributed by atoms with Crippen LogP contribution in [0.2, 0.25) is 0 Å². The Balaban J connectivity index is 0.00000451. The molecule has 4 fully saturated rings. The van der Waals surface area contributed by atoms with E-state index >= 15 is 0 Å². The number of epoxide rings is 1. The molecule has 0 radical (unpaired) electrons. The van der Waals surface area contributed by atoms with Gasteiger partial charge in [0.1, 0.15) is 17.8 Å². The molecule has 0 bridgehead atoms. The van der Waals surface area contributed by atoms with Gasteiger partial charge in [0.15, 0.2) is 18.0 Å². The molecule has 0 aromatic rings. The van der Waals surface area contributed by atoms with Crippen LogP contribution in [0.3, 0.4) is 0 Å². The number of rotatable bonds is 14. The van der Waals surface area contributed by atoms with Gasteiger partial charge in [-0.1, -0.05) is 55.2 Å². The van der Waals surface area contributed by atoms with Crippen molar-refractivity contribution in [1.82, 2.24) is 5.32 Å². The standard InChI is InChI=1S/C35H53NO9S2.H2/c1-22(2)35-29(43-31(39)41-19-10-6-5-9-18-36-27(37)12-8-7-11-23-15-20-46-47-23)34(40)17-14-26-25-21-42-28(38)24(25)13-16-32(26,3)33(34,4)44-30(35)45-35;/h22-23,26,29-30,40H,5-21H2,1-4H3,(H,36,37);1H/t23?,26-,29-,30+,32-,33+,34+,35+;/m0./s1. The fraction of sp³-hybridized carbons (Fsp3) is 0.857. The van der Waals surface area contributed by atoms with E-state index in [4.69, 9.17) is 23.7 Å². The zero-order chi connectivity index (χ0) is 33.5. The normalized spacial score (nSPS) is 38.6. The summed E-state index contributed by atoms with van der Waals surface area (Å²) in [5.74, 6) is 1.09. The molecule has 1 unspecified atom stereocenters. The summed E-state index contributed by atoms with van der Waals surface area (Å²) in [6.45, 7) is 9.19. The van der Waals surface area contributed by atoms with Crippen LogP contribution in [0.5, 0.6) is 0 Å². The van der Waals surface area contributed by atoms with Crippen LogP contribution in [-0.2, 0) is 33.3 Å². The van der Waals surface area contributed by atoms with Crippen molar-refractivity contribution < 1.29 is 44.6 Å². The molecule has 0 aromatic heterocycles. The largest absolute Gasteiger partial charge is 0.508 e. The third-order valence-corrected chi connectivity index (χ3v) is 15.3. The Morgan fingerprint density at radius 3 is 2.66 bits per heavy atom. The first-order valence-electron chi connectivity index (χ1n) is 17.8. The lowest BCUT2D eigenvalue weighted by molar-refractivity contribution is -0.328. The quantitative estimate of drug-likeness (QED) is 0.0895. The molecule has 0 aromatic carbocycles. The molecule has 6 rings (SSSR count). The summed E-state index contributed by atoms with van der Waals surface area (Å²) in [6.07, 6.45) is 8.29. The summed E-state index contributed by atoms with van der Waals surface area (Å²) in [5.41, 5.74) is -2.30. The Labute approximate surface area is 288 Å². The van der Waals surface area contributed by atoms with Crippen LogP contribution in [0.1, 0.15) is 113 Å². The molecule has 3 saturated heterocycles. The highest BCUT2D eigenvalue weighted by atomic mass is 33.1. The maximum Gasteiger partial charge on any atom is 0.508 e. The van der Waals surface area contributed by atoms with Gasteiger partial charge in [-0.15, -0.1) is 0 Å². The van der Waals surface area contributed by atoms with E-state index in [-0.39, 0.29) is 31.7 Å². The number of unbranched alkanes of at least 4 members (excludes halogenated alkanes) is 4. The Kier molecular flexibility index (Phi) is 10.6. The van der Waals surface area contributed by atoms with E-state index in [1.807, 2.05) is 42.4 Å². The Morgan fingerprint density at radius 1 is 1.09 bits per heavy atom. The number of hydrogen-bond donors (Lipinski definition) is 2. The molecule has 2 N–H and O–H groups in total. The number of amides is 1. The van der Waals surface area contributed by atoms with E-state index in [0.717, 1.165) is 48.5 Å². The third-order valence-electron chi connectivity index (χ3n) is 12.3. The second kappa shape index (κ2) is 14.0. The highest BCUT2D eigenvalue weighted by molar-refractivity contribution is 8.77. The number of esters is 1. The number of cyclic esters (lactones) is 1. The first-order valence-corrected chi connectivity index (χ1v) is 20.2. The fourth-order valence-corrected chi connectivity index (χ4v) is 12.1. The molecule has 12 heteroatoms. The summed E-state index contributed by atoms with van der Waals surface area (Å²) < 4.78 is 29.9. The first-order chi connectivity index (χ1) is 22.5. The van der Waals surface area contributed by atoms with Crippen molar-refractivity contribution in [2.75, 3.05) is 25.5 Å². The van der Waals surface area contributed by atoms with Gasteiger partial charge in [-0.3, -0.25) is 4.79 Å². The molecule has 8 atom stereocenters. The van der Waals surface area contributed by atoms with Crippen LogP contribution >= 0.6 is 21.6 Å². The summed E-state index contributed by atoms with van der Waals surface area (Å²) in [5, 5.41) is 16.4. The van der Waals surface area contributed by atoms with Crippen LogP contribution in [0.25, 0.3) is 0 Å². The molecule has 266 valence electrons. The van der Waals surface area contributed by atoms with Crippen molar-refractivity contribution in [3.8, 4) is 0 Å². The number of fused-ring (bicyclic) bond motifs is 5. The maximum absolute atomic E-state index is 13.1. The van der Waals surface area contributed by atoms with E-state index in [2.05, 4.69) is 12.2 Å². The van der Waals surface area contributed by atoms with E-state index in [1.54, 1.807) is 0 Å². The Bertz CT molecular complexity index is 1250. The van der Waals surface area contributed by atoms with Crippen molar-refractivity contribution in [2.45, 2.75) is 146 Å². The number of ether oxygens (including phenoxy) is 5. The van der Waals surface area contributed by atoms with Crippen LogP contribution in [0.4, 0.5) is 4.79 Å². The fourth-order valence-electron chi connectivity index (χ4n) is 9.09. The highest BCUT2D eigenvalue weighted by Gasteiger charge is 2.83. The average molecular weight is 698 g/mol. The first kappa shape index (κ1) is 35.4. The predicted octanol–water partition coefficient (Wildman–Crippen LogP) is 6.48. The van der Waals surface area contributed by atoms with Crippen molar-refractivity contribution in [2.24, 2.45) is 17.3 Å². The van der Waals surface area contributed by atoms with Gasteiger partial charge in [-0.05, 0) is 88.5 Å². The second-order valence-corrected chi connectivity index (χ2v) is 17.8. The maximum atomic E-state index is 13.1. The van der Waals surface area contributed by atoms with Crippen LogP contribution in [0.15, 0.2) is 11.1 Å². The lowest BCUT2D eigenvalue weighted by Gasteiger charge is -2.65. The molecule has 10 nitrogen and oxygen atoms in total. The van der Waals surface area contributed by atoms with Gasteiger partial charge in [-0.25, -0.2) is 9.59 Å². The Morgan fingerprint density at radius 2 is 1.89 bits per heavy atom. The molecule has 0 spiro atoms. The minimum Gasteiger partial charge on any atom is -0.458 e. The molecule has 4 aliphatic heterocycles. The van der Waals surface area contributed by atoms with E-state index in [1.165, 1.54) is 18.6 Å². The molecule has 4 heterocycles. The van der Waals surface area contributed by atoms with Gasteiger partial charge in [0.2, 0.25) is 5.91 Å². The van der Waals surface area contributed by atoms with Gasteiger partial charge in [0.05, 0.1) is 6.61 Å². The molecule has 47 heavy (non-hydrogen) atoms. The number of hydrogen-bond acceptors (Lipinski definition) is 11. The van der Waals surface area contributed by atoms with E-state index in [9.17, 15) is 19.5 Å². The predicted molar refractivity (Wildman–Crippen MR) is 182 cm³/mol. The van der Waals surface area contributed by atoms with Crippen LogP contribution < -0.4 is 5.32 Å². The van der Waals surface area contributed by atoms with E-state index in [0.29, 0.717) is 51.7 Å². The SMILES string of the molecule is CC(C)[C@]12O[C@H]1O[C@]1(C)[C@@]3(C)CCC4=C(COC4=O)[C@@H]3CC[C@@]1(O)[C@@H]2OC(=O)OCCCCCCNC(=O)CCCCC1CCSS1.[HH]. The molecule has 1 saturated carbocycles. The molecule has 6 aliphatic rings. The number of nitrogens with one attached hydrogen (secondary N) is 1. The van der Waals surface area contributed by atoms with Crippen molar-refractivity contribution in [3.63, 3.8) is 0 Å². The summed E-state index contributed by atoms with van der Waals surface area (Å²) in [7, 11) is 3.96. The topological polar surface area (TPSA) is 133 Å². The van der Waals surface area contributed by atoms with Gasteiger partial charge >= 0.3 is 12.1 Å². The number of aliphatic hydroxyl groups is 1. The van der Waals surface area contributed by atoms with Gasteiger partial charge in [0.25, 0.3) is 0 Å². The summed E-state index contributed by atoms with van der Waals surface area (Å²) in [6, 6.07) is 0. The lowest BCUT2D eigenvalue weighted by atomic mass is 9.46. The zero-order valence-corrected chi connectivity index (χ0v) is 30.1. The minimum absolute atomic E-state index is 0. The van der Waals surface area contributed by atoms with Crippen molar-refractivity contribution in [3.05, 3.63) is 11.1 Å².